The van der Waals surface area contributed by atoms with Crippen molar-refractivity contribution in [3.63, 3.8) is 0 Å². The largest absolute Gasteiger partial charge is 0.497 e. The van der Waals surface area contributed by atoms with Gasteiger partial charge >= 0.3 is 0 Å². The summed E-state index contributed by atoms with van der Waals surface area (Å²) < 4.78 is 5.18. The van der Waals surface area contributed by atoms with Crippen LogP contribution in [0.25, 0.3) is 0 Å². The predicted molar refractivity (Wildman–Crippen MR) is 117 cm³/mol. The van der Waals surface area contributed by atoms with E-state index in [1.165, 1.54) is 4.90 Å². The van der Waals surface area contributed by atoms with Gasteiger partial charge in [-0.1, -0.05) is 41.9 Å². The van der Waals surface area contributed by atoms with Gasteiger partial charge in [0.2, 0.25) is 5.91 Å². The number of hydrogen-bond acceptors (Lipinski definition) is 5. The Bertz CT molecular complexity index is 1120. The average Bonchev–Trinajstić information content (AvgIpc) is 3.31. The molecule has 6 nitrogen and oxygen atoms in total. The highest BCUT2D eigenvalue weighted by Gasteiger charge is 2.60. The number of halogens is 1. The Morgan fingerprint density at radius 1 is 0.839 bits per heavy atom. The molecule has 2 amide bonds. The number of hydroxylamine groups is 1. The van der Waals surface area contributed by atoms with Crippen molar-refractivity contribution in [2.75, 3.05) is 17.1 Å². The predicted octanol–water partition coefficient (Wildman–Crippen LogP) is 4.40. The van der Waals surface area contributed by atoms with Crippen molar-refractivity contribution in [2.24, 2.45) is 5.92 Å². The van der Waals surface area contributed by atoms with Gasteiger partial charge in [-0.05, 0) is 54.1 Å². The lowest BCUT2D eigenvalue weighted by Gasteiger charge is -2.28. The molecule has 5 rings (SSSR count). The molecule has 0 aromatic heterocycles. The standard InChI is InChI=1S/C24H19ClN2O4/c1-30-19-13-11-17(12-14-19)26-23(28)20-21(15-5-3-2-4-6-15)27(31-22(20)24(26)29)18-9-7-16(25)8-10-18/h2-14,20-22H,1H3/t20-,21-,22+/m1/s1. The second-order valence-corrected chi connectivity index (χ2v) is 7.86. The van der Waals surface area contributed by atoms with Crippen molar-refractivity contribution in [3.8, 4) is 5.75 Å². The number of imide groups is 1. The molecule has 0 aliphatic carbocycles. The Morgan fingerprint density at radius 2 is 1.48 bits per heavy atom. The molecule has 7 heteroatoms. The molecule has 0 spiro atoms. The number of fused-ring (bicyclic) bond motifs is 1. The number of carbonyl (C=O) groups is 2. The fourth-order valence-corrected chi connectivity index (χ4v) is 4.33. The van der Waals surface area contributed by atoms with Crippen molar-refractivity contribution >= 4 is 34.8 Å². The quantitative estimate of drug-likeness (QED) is 0.570. The van der Waals surface area contributed by atoms with Gasteiger partial charge in [0, 0.05) is 5.02 Å². The summed E-state index contributed by atoms with van der Waals surface area (Å²) in [4.78, 5) is 34.1. The molecular formula is C24H19ClN2O4. The van der Waals surface area contributed by atoms with E-state index < -0.39 is 18.1 Å². The summed E-state index contributed by atoms with van der Waals surface area (Å²) >= 11 is 6.04. The first kappa shape index (κ1) is 19.6. The number of rotatable bonds is 4. The molecule has 2 aliphatic heterocycles. The Morgan fingerprint density at radius 3 is 2.13 bits per heavy atom. The summed E-state index contributed by atoms with van der Waals surface area (Å²) in [6.45, 7) is 0. The summed E-state index contributed by atoms with van der Waals surface area (Å²) in [5.74, 6) is -0.689. The van der Waals surface area contributed by atoms with Gasteiger partial charge in [0.1, 0.15) is 11.7 Å². The van der Waals surface area contributed by atoms with Gasteiger partial charge in [-0.3, -0.25) is 14.4 Å². The minimum atomic E-state index is -0.907. The Hall–Kier alpha value is -3.35. The molecule has 0 radical (unpaired) electrons. The third-order valence-electron chi connectivity index (χ3n) is 5.67. The first-order chi connectivity index (χ1) is 15.1. The third kappa shape index (κ3) is 3.24. The topological polar surface area (TPSA) is 59.1 Å². The smallest absolute Gasteiger partial charge is 0.266 e. The van der Waals surface area contributed by atoms with Gasteiger partial charge in [0.15, 0.2) is 6.10 Å². The lowest BCUT2D eigenvalue weighted by atomic mass is 9.90. The molecular weight excluding hydrogens is 416 g/mol. The molecule has 0 unspecified atom stereocenters. The first-order valence-electron chi connectivity index (χ1n) is 9.87. The van der Waals surface area contributed by atoms with Crippen LogP contribution in [-0.4, -0.2) is 25.0 Å². The number of anilines is 2. The number of nitrogens with zero attached hydrogens (tertiary/aromatic N) is 2. The summed E-state index contributed by atoms with van der Waals surface area (Å²) in [6.07, 6.45) is -0.907. The lowest BCUT2D eigenvalue weighted by molar-refractivity contribution is -0.126. The van der Waals surface area contributed by atoms with Crippen LogP contribution in [0, 0.1) is 5.92 Å². The molecule has 31 heavy (non-hydrogen) atoms. The van der Waals surface area contributed by atoms with Crippen molar-refractivity contribution in [1.82, 2.24) is 0 Å². The van der Waals surface area contributed by atoms with E-state index in [2.05, 4.69) is 0 Å². The van der Waals surface area contributed by atoms with E-state index in [1.807, 2.05) is 42.5 Å². The molecule has 2 saturated heterocycles. The van der Waals surface area contributed by atoms with Gasteiger partial charge in [0.05, 0.1) is 24.5 Å². The zero-order chi connectivity index (χ0) is 21.5. The lowest BCUT2D eigenvalue weighted by Crippen LogP contribution is -2.37. The molecule has 2 fully saturated rings. The van der Waals surface area contributed by atoms with Crippen molar-refractivity contribution < 1.29 is 19.2 Å². The summed E-state index contributed by atoms with van der Waals surface area (Å²) in [6, 6.07) is 23.1. The van der Waals surface area contributed by atoms with Gasteiger partial charge in [0.25, 0.3) is 5.91 Å². The third-order valence-corrected chi connectivity index (χ3v) is 5.92. The number of amides is 2. The van der Waals surface area contributed by atoms with Gasteiger partial charge in [-0.25, -0.2) is 9.96 Å². The minimum absolute atomic E-state index is 0.287. The van der Waals surface area contributed by atoms with Gasteiger partial charge in [-0.2, -0.15) is 0 Å². The maximum Gasteiger partial charge on any atom is 0.266 e. The molecule has 0 bridgehead atoms. The highest BCUT2D eigenvalue weighted by molar-refractivity contribution is 6.30. The Balaban J connectivity index is 1.55. The molecule has 2 heterocycles. The number of hydrogen-bond donors (Lipinski definition) is 0. The number of ether oxygens (including phenoxy) is 1. The number of carbonyl (C=O) groups excluding carboxylic acids is 2. The van der Waals surface area contributed by atoms with Crippen LogP contribution in [0.1, 0.15) is 11.6 Å². The molecule has 0 N–H and O–H groups in total. The van der Waals surface area contributed by atoms with Gasteiger partial charge < -0.3 is 4.74 Å². The van der Waals surface area contributed by atoms with Crippen LogP contribution in [-0.2, 0) is 14.4 Å². The van der Waals surface area contributed by atoms with Crippen LogP contribution in [0.4, 0.5) is 11.4 Å². The van der Waals surface area contributed by atoms with Crippen LogP contribution in [0.5, 0.6) is 5.75 Å². The summed E-state index contributed by atoms with van der Waals surface area (Å²) in [5, 5.41) is 2.25. The highest BCUT2D eigenvalue weighted by Crippen LogP contribution is 2.47. The second kappa shape index (κ2) is 7.72. The highest BCUT2D eigenvalue weighted by atomic mass is 35.5. The monoisotopic (exact) mass is 434 g/mol. The van der Waals surface area contributed by atoms with E-state index >= 15 is 0 Å². The molecule has 3 atom stereocenters. The zero-order valence-electron chi connectivity index (χ0n) is 16.6. The molecule has 2 aliphatic rings. The maximum absolute atomic E-state index is 13.5. The summed E-state index contributed by atoms with van der Waals surface area (Å²) in [5.41, 5.74) is 2.12. The Labute approximate surface area is 184 Å². The van der Waals surface area contributed by atoms with Crippen molar-refractivity contribution in [3.05, 3.63) is 89.4 Å². The number of methoxy groups -OCH3 is 1. The van der Waals surface area contributed by atoms with E-state index in [4.69, 9.17) is 21.2 Å². The second-order valence-electron chi connectivity index (χ2n) is 7.42. The van der Waals surface area contributed by atoms with Crippen molar-refractivity contribution in [1.29, 1.82) is 0 Å². The molecule has 3 aromatic rings. The molecule has 3 aromatic carbocycles. The van der Waals surface area contributed by atoms with Crippen LogP contribution in [0.15, 0.2) is 78.9 Å². The van der Waals surface area contributed by atoms with Crippen molar-refractivity contribution in [2.45, 2.75) is 12.1 Å². The first-order valence-corrected chi connectivity index (χ1v) is 10.2. The van der Waals surface area contributed by atoms with E-state index in [1.54, 1.807) is 48.6 Å². The normalized spacial score (nSPS) is 22.7. The van der Waals surface area contributed by atoms with E-state index in [9.17, 15) is 9.59 Å². The van der Waals surface area contributed by atoms with E-state index in [0.717, 1.165) is 11.3 Å². The fourth-order valence-electron chi connectivity index (χ4n) is 4.20. The summed E-state index contributed by atoms with van der Waals surface area (Å²) in [7, 11) is 1.56. The van der Waals surface area contributed by atoms with Crippen LogP contribution < -0.4 is 14.7 Å². The average molecular weight is 435 g/mol. The van der Waals surface area contributed by atoms with Crippen LogP contribution in [0.2, 0.25) is 5.02 Å². The number of benzene rings is 3. The molecule has 156 valence electrons. The van der Waals surface area contributed by atoms with E-state index in [-0.39, 0.29) is 11.8 Å². The van der Waals surface area contributed by atoms with Gasteiger partial charge in [-0.15, -0.1) is 0 Å². The van der Waals surface area contributed by atoms with Crippen LogP contribution in [0.3, 0.4) is 0 Å². The maximum atomic E-state index is 13.5. The fraction of sp³-hybridized carbons (Fsp3) is 0.167. The SMILES string of the molecule is COc1ccc(N2C(=O)[C@H]3[C@H](ON(c4ccc(Cl)cc4)[C@@H]3c3ccccc3)C2=O)cc1. The van der Waals surface area contributed by atoms with Crippen LogP contribution >= 0.6 is 11.6 Å². The molecule has 0 saturated carbocycles. The van der Waals surface area contributed by atoms with E-state index in [0.29, 0.717) is 16.5 Å². The minimum Gasteiger partial charge on any atom is -0.497 e. The Kier molecular flexibility index (Phi) is 4.88. The zero-order valence-corrected chi connectivity index (χ0v) is 17.4.